The van der Waals surface area contributed by atoms with Crippen molar-refractivity contribution in [1.82, 2.24) is 9.97 Å². The number of esters is 1. The van der Waals surface area contributed by atoms with Crippen molar-refractivity contribution in [3.8, 4) is 0 Å². The van der Waals surface area contributed by atoms with Crippen LogP contribution in [0.5, 0.6) is 0 Å². The molecule has 0 atom stereocenters. The van der Waals surface area contributed by atoms with Gasteiger partial charge >= 0.3 is 5.97 Å². The molecule has 0 amide bonds. The van der Waals surface area contributed by atoms with Gasteiger partial charge in [0, 0.05) is 23.9 Å². The smallest absolute Gasteiger partial charge is 0.330 e. The van der Waals surface area contributed by atoms with Gasteiger partial charge in [0.1, 0.15) is 5.82 Å². The summed E-state index contributed by atoms with van der Waals surface area (Å²) in [6.45, 7) is 2.17. The van der Waals surface area contributed by atoms with Gasteiger partial charge in [-0.15, -0.1) is 0 Å². The normalized spacial score (nSPS) is 16.3. The average molecular weight is 335 g/mol. The topological polar surface area (TPSA) is 64.1 Å². The van der Waals surface area contributed by atoms with Crippen LogP contribution in [0.25, 0.3) is 6.08 Å². The summed E-state index contributed by atoms with van der Waals surface area (Å²) in [5.74, 6) is 0.457. The molecule has 0 spiro atoms. The quantitative estimate of drug-likeness (QED) is 0.280. The number of nitrogens with zero attached hydrogens (tertiary/aromatic N) is 2. The van der Waals surface area contributed by atoms with Gasteiger partial charge in [0.05, 0.1) is 6.61 Å². The molecule has 1 aromatic heterocycles. The zero-order valence-electron chi connectivity index (χ0n) is 13.9. The number of aromatic nitrogens is 2. The molecule has 5 nitrogen and oxygen atoms in total. The second kappa shape index (κ2) is 9.55. The lowest BCUT2D eigenvalue weighted by atomic mass is 10.1. The lowest BCUT2D eigenvalue weighted by Gasteiger charge is -2.18. The maximum absolute atomic E-state index is 11.5. The van der Waals surface area contributed by atoms with E-state index in [9.17, 15) is 4.79 Å². The summed E-state index contributed by atoms with van der Waals surface area (Å²) in [6.07, 6.45) is 14.3. The highest BCUT2D eigenvalue weighted by atomic mass is 32.2. The van der Waals surface area contributed by atoms with Gasteiger partial charge < -0.3 is 10.1 Å². The Labute approximate surface area is 142 Å². The van der Waals surface area contributed by atoms with E-state index in [1.165, 1.54) is 56.4 Å². The van der Waals surface area contributed by atoms with Crippen LogP contribution < -0.4 is 5.32 Å². The second-order valence-electron chi connectivity index (χ2n) is 5.58. The Hall–Kier alpha value is -1.56. The molecule has 126 valence electrons. The Kier molecular flexibility index (Phi) is 7.39. The van der Waals surface area contributed by atoms with Crippen LogP contribution in [0, 0.1) is 0 Å². The third-order valence-corrected chi connectivity index (χ3v) is 4.42. The van der Waals surface area contributed by atoms with Gasteiger partial charge in [-0.1, -0.05) is 37.4 Å². The molecule has 0 unspecified atom stereocenters. The minimum atomic E-state index is -0.346. The zero-order valence-corrected chi connectivity index (χ0v) is 14.7. The van der Waals surface area contributed by atoms with Gasteiger partial charge in [-0.3, -0.25) is 0 Å². The van der Waals surface area contributed by atoms with Gasteiger partial charge in [-0.25, -0.2) is 14.8 Å². The first-order valence-corrected chi connectivity index (χ1v) is 9.47. The number of hydrogen-bond acceptors (Lipinski definition) is 6. The molecule has 1 saturated carbocycles. The predicted octanol–water partition coefficient (Wildman–Crippen LogP) is 3.91. The van der Waals surface area contributed by atoms with Crippen LogP contribution in [0.4, 0.5) is 5.82 Å². The molecule has 0 aliphatic heterocycles. The summed E-state index contributed by atoms with van der Waals surface area (Å²) in [7, 11) is 0. The molecule has 1 fully saturated rings. The number of ether oxygens (including phenoxy) is 1. The van der Waals surface area contributed by atoms with Crippen molar-refractivity contribution in [3.05, 3.63) is 17.8 Å². The van der Waals surface area contributed by atoms with E-state index in [1.54, 1.807) is 19.2 Å². The van der Waals surface area contributed by atoms with Gasteiger partial charge in [-0.05, 0) is 32.1 Å². The number of rotatable bonds is 6. The highest BCUT2D eigenvalue weighted by Crippen LogP contribution is 2.24. The molecule has 0 bridgehead atoms. The van der Waals surface area contributed by atoms with Crippen LogP contribution in [-0.2, 0) is 9.53 Å². The number of hydrogen-bond donors (Lipinski definition) is 1. The summed E-state index contributed by atoms with van der Waals surface area (Å²) in [5.41, 5.74) is 0.820. The van der Waals surface area contributed by atoms with E-state index in [1.807, 2.05) is 6.26 Å². The Balaban J connectivity index is 2.15. The van der Waals surface area contributed by atoms with E-state index in [2.05, 4.69) is 15.3 Å². The second-order valence-corrected chi connectivity index (χ2v) is 6.35. The molecule has 1 aliphatic rings. The van der Waals surface area contributed by atoms with Crippen molar-refractivity contribution in [2.24, 2.45) is 0 Å². The van der Waals surface area contributed by atoms with Crippen LogP contribution in [0.2, 0.25) is 0 Å². The molecular formula is C17H25N3O2S. The SMILES string of the molecule is CCOC(=O)C=Cc1cnc(SC)nc1NC1CCCCCC1. The molecule has 1 aliphatic carbocycles. The molecule has 23 heavy (non-hydrogen) atoms. The minimum Gasteiger partial charge on any atom is -0.463 e. The lowest BCUT2D eigenvalue weighted by molar-refractivity contribution is -0.137. The maximum atomic E-state index is 11.5. The first kappa shape index (κ1) is 17.8. The largest absolute Gasteiger partial charge is 0.463 e. The van der Waals surface area contributed by atoms with Crippen molar-refractivity contribution in [1.29, 1.82) is 0 Å². The monoisotopic (exact) mass is 335 g/mol. The first-order valence-electron chi connectivity index (χ1n) is 8.25. The van der Waals surface area contributed by atoms with E-state index in [4.69, 9.17) is 4.74 Å². The number of nitrogens with one attached hydrogen (secondary N) is 1. The van der Waals surface area contributed by atoms with E-state index in [0.717, 1.165) is 16.5 Å². The highest BCUT2D eigenvalue weighted by molar-refractivity contribution is 7.98. The lowest BCUT2D eigenvalue weighted by Crippen LogP contribution is -2.20. The predicted molar refractivity (Wildman–Crippen MR) is 94.6 cm³/mol. The Morgan fingerprint density at radius 2 is 2.13 bits per heavy atom. The Morgan fingerprint density at radius 3 is 2.78 bits per heavy atom. The van der Waals surface area contributed by atoms with Crippen molar-refractivity contribution >= 4 is 29.6 Å². The van der Waals surface area contributed by atoms with Gasteiger partial charge in [-0.2, -0.15) is 0 Å². The maximum Gasteiger partial charge on any atom is 0.330 e. The molecule has 1 heterocycles. The zero-order chi connectivity index (χ0) is 16.5. The van der Waals surface area contributed by atoms with E-state index >= 15 is 0 Å². The molecule has 1 aromatic rings. The first-order chi connectivity index (χ1) is 11.2. The van der Waals surface area contributed by atoms with Crippen LogP contribution in [-0.4, -0.2) is 34.8 Å². The van der Waals surface area contributed by atoms with Crippen molar-refractivity contribution in [2.45, 2.75) is 56.6 Å². The van der Waals surface area contributed by atoms with Crippen molar-refractivity contribution < 1.29 is 9.53 Å². The molecule has 2 rings (SSSR count). The van der Waals surface area contributed by atoms with Gasteiger partial charge in [0.2, 0.25) is 0 Å². The molecular weight excluding hydrogens is 310 g/mol. The molecule has 1 N–H and O–H groups in total. The summed E-state index contributed by atoms with van der Waals surface area (Å²) >= 11 is 1.51. The van der Waals surface area contributed by atoms with E-state index in [0.29, 0.717) is 12.6 Å². The Morgan fingerprint density at radius 1 is 1.39 bits per heavy atom. The Bertz CT molecular complexity index is 541. The van der Waals surface area contributed by atoms with Crippen molar-refractivity contribution in [3.63, 3.8) is 0 Å². The molecule has 6 heteroatoms. The standard InChI is InChI=1S/C17H25N3O2S/c1-3-22-15(21)11-10-13-12-18-17(23-2)20-16(13)19-14-8-6-4-5-7-9-14/h10-12,14H,3-9H2,1-2H3,(H,18,19,20). The third kappa shape index (κ3) is 5.86. The van der Waals surface area contributed by atoms with Gasteiger partial charge in [0.25, 0.3) is 0 Å². The average Bonchev–Trinajstić information content (AvgIpc) is 2.82. The third-order valence-electron chi connectivity index (χ3n) is 3.86. The fourth-order valence-corrected chi connectivity index (χ4v) is 3.02. The fourth-order valence-electron chi connectivity index (χ4n) is 2.68. The van der Waals surface area contributed by atoms with Gasteiger partial charge in [0.15, 0.2) is 5.16 Å². The number of thioether (sulfide) groups is 1. The fraction of sp³-hybridized carbons (Fsp3) is 0.588. The van der Waals surface area contributed by atoms with E-state index in [-0.39, 0.29) is 5.97 Å². The van der Waals surface area contributed by atoms with Crippen molar-refractivity contribution in [2.75, 3.05) is 18.2 Å². The molecule has 0 saturated heterocycles. The van der Waals surface area contributed by atoms with E-state index < -0.39 is 0 Å². The highest BCUT2D eigenvalue weighted by Gasteiger charge is 2.14. The summed E-state index contributed by atoms with van der Waals surface area (Å²) in [6, 6.07) is 0.442. The minimum absolute atomic E-state index is 0.346. The number of carbonyl (C=O) groups is 1. The summed E-state index contributed by atoms with van der Waals surface area (Å²) < 4.78 is 4.92. The van der Waals surface area contributed by atoms with Crippen LogP contribution >= 0.6 is 11.8 Å². The van der Waals surface area contributed by atoms with Crippen LogP contribution in [0.3, 0.4) is 0 Å². The molecule has 0 radical (unpaired) electrons. The number of anilines is 1. The molecule has 0 aromatic carbocycles. The number of carbonyl (C=O) groups excluding carboxylic acids is 1. The van der Waals surface area contributed by atoms with Crippen LogP contribution in [0.15, 0.2) is 17.4 Å². The summed E-state index contributed by atoms with van der Waals surface area (Å²) in [5, 5.41) is 4.28. The summed E-state index contributed by atoms with van der Waals surface area (Å²) in [4.78, 5) is 20.4. The van der Waals surface area contributed by atoms with Crippen LogP contribution in [0.1, 0.15) is 51.0 Å².